The van der Waals surface area contributed by atoms with Gasteiger partial charge in [-0.05, 0) is 35.8 Å². The first-order valence-electron chi connectivity index (χ1n) is 6.90. The summed E-state index contributed by atoms with van der Waals surface area (Å²) < 4.78 is 6.23. The van der Waals surface area contributed by atoms with Crippen molar-refractivity contribution in [3.8, 4) is 5.75 Å². The third kappa shape index (κ3) is 1.33. The molecule has 0 bridgehead atoms. The minimum absolute atomic E-state index is 0.279. The van der Waals surface area contributed by atoms with Gasteiger partial charge in [-0.15, -0.1) is 11.8 Å². The maximum atomic E-state index is 6.23. The summed E-state index contributed by atoms with van der Waals surface area (Å²) in [6, 6.07) is 12.9. The van der Waals surface area contributed by atoms with Crippen molar-refractivity contribution in [2.24, 2.45) is 5.41 Å². The Morgan fingerprint density at radius 2 is 2.00 bits per heavy atom. The van der Waals surface area contributed by atoms with Crippen molar-refractivity contribution in [3.63, 3.8) is 0 Å². The molecule has 2 atom stereocenters. The lowest BCUT2D eigenvalue weighted by atomic mass is 10.1. The van der Waals surface area contributed by atoms with Crippen molar-refractivity contribution in [1.82, 2.24) is 0 Å². The predicted molar refractivity (Wildman–Crippen MR) is 78.8 cm³/mol. The van der Waals surface area contributed by atoms with Gasteiger partial charge in [0.2, 0.25) is 0 Å². The molecular weight excluding hydrogens is 252 g/mol. The Morgan fingerprint density at radius 3 is 2.89 bits per heavy atom. The molecular formula is C17H14OS. The van der Waals surface area contributed by atoms with Crippen molar-refractivity contribution in [2.75, 3.05) is 0 Å². The van der Waals surface area contributed by atoms with Gasteiger partial charge in [0, 0.05) is 5.41 Å². The van der Waals surface area contributed by atoms with Crippen LogP contribution in [0.15, 0.2) is 53.4 Å². The third-order valence-corrected chi connectivity index (χ3v) is 6.31. The highest BCUT2D eigenvalue weighted by molar-refractivity contribution is 8.00. The Labute approximate surface area is 116 Å². The largest absolute Gasteiger partial charge is 0.484 e. The molecule has 1 heterocycles. The number of ether oxygens (including phenoxy) is 1. The molecule has 0 radical (unpaired) electrons. The third-order valence-electron chi connectivity index (χ3n) is 4.66. The lowest BCUT2D eigenvalue weighted by Gasteiger charge is -2.32. The Kier molecular flexibility index (Phi) is 1.84. The van der Waals surface area contributed by atoms with Crippen molar-refractivity contribution < 1.29 is 4.74 Å². The second-order valence-electron chi connectivity index (χ2n) is 5.83. The minimum Gasteiger partial charge on any atom is -0.484 e. The van der Waals surface area contributed by atoms with Crippen molar-refractivity contribution in [2.45, 2.75) is 29.1 Å². The zero-order chi connectivity index (χ0) is 12.4. The lowest BCUT2D eigenvalue weighted by molar-refractivity contribution is 0.227. The van der Waals surface area contributed by atoms with Gasteiger partial charge < -0.3 is 4.74 Å². The quantitative estimate of drug-likeness (QED) is 0.653. The summed E-state index contributed by atoms with van der Waals surface area (Å²) in [5.74, 6) is 1.06. The normalized spacial score (nSPS) is 29.1. The summed E-state index contributed by atoms with van der Waals surface area (Å²) in [5, 5.41) is 3.24. The SMILES string of the molecule is C1=CC2(CC2)C2Sc3c(ccc4ccccc34)OC12. The average Bonchev–Trinajstić information content (AvgIpc) is 3.16. The van der Waals surface area contributed by atoms with E-state index in [9.17, 15) is 0 Å². The van der Waals surface area contributed by atoms with Gasteiger partial charge in [-0.1, -0.05) is 36.4 Å². The predicted octanol–water partition coefficient (Wildman–Crippen LogP) is 4.41. The van der Waals surface area contributed by atoms with Gasteiger partial charge in [0.05, 0.1) is 10.1 Å². The van der Waals surface area contributed by atoms with Crippen molar-refractivity contribution in [1.29, 1.82) is 0 Å². The van der Waals surface area contributed by atoms with Crippen LogP contribution in [0.5, 0.6) is 5.75 Å². The van der Waals surface area contributed by atoms with Crippen molar-refractivity contribution in [3.05, 3.63) is 48.6 Å². The van der Waals surface area contributed by atoms with E-state index < -0.39 is 0 Å². The van der Waals surface area contributed by atoms with Gasteiger partial charge in [-0.25, -0.2) is 0 Å². The second-order valence-corrected chi connectivity index (χ2v) is 6.98. The Hall–Kier alpha value is -1.41. The highest BCUT2D eigenvalue weighted by atomic mass is 32.2. The average molecular weight is 266 g/mol. The molecule has 1 aliphatic heterocycles. The molecule has 0 amide bonds. The lowest BCUT2D eigenvalue weighted by Crippen LogP contribution is -2.32. The van der Waals surface area contributed by atoms with Crippen LogP contribution in [0.3, 0.4) is 0 Å². The standard InChI is InChI=1S/C17H14OS/c1-2-4-12-11(3-1)5-6-13-15(12)19-16-14(18-13)7-8-17(16)9-10-17/h1-8,14,16H,9-10H2. The van der Waals surface area contributed by atoms with Crippen LogP contribution < -0.4 is 4.74 Å². The molecule has 2 aliphatic carbocycles. The fourth-order valence-corrected chi connectivity index (χ4v) is 5.03. The fourth-order valence-electron chi connectivity index (χ4n) is 3.40. The summed E-state index contributed by atoms with van der Waals surface area (Å²) in [6.45, 7) is 0. The smallest absolute Gasteiger partial charge is 0.134 e. The molecule has 0 aromatic heterocycles. The molecule has 1 nitrogen and oxygen atoms in total. The molecule has 0 N–H and O–H groups in total. The van der Waals surface area contributed by atoms with Crippen LogP contribution in [-0.4, -0.2) is 11.4 Å². The number of hydrogen-bond donors (Lipinski definition) is 0. The van der Waals surface area contributed by atoms with Crippen LogP contribution in [0.2, 0.25) is 0 Å². The number of fused-ring (bicyclic) bond motifs is 5. The monoisotopic (exact) mass is 266 g/mol. The molecule has 3 aliphatic rings. The van der Waals surface area contributed by atoms with Gasteiger partial charge in [0.15, 0.2) is 0 Å². The molecule has 2 unspecified atom stereocenters. The maximum Gasteiger partial charge on any atom is 0.134 e. The fraction of sp³-hybridized carbons (Fsp3) is 0.294. The van der Waals surface area contributed by atoms with Crippen LogP contribution >= 0.6 is 11.8 Å². The van der Waals surface area contributed by atoms with Gasteiger partial charge in [0.25, 0.3) is 0 Å². The molecule has 94 valence electrons. The molecule has 0 saturated heterocycles. The number of benzene rings is 2. The summed E-state index contributed by atoms with van der Waals surface area (Å²) >= 11 is 2.04. The van der Waals surface area contributed by atoms with Crippen LogP contribution in [0, 0.1) is 5.41 Å². The van der Waals surface area contributed by atoms with Gasteiger partial charge in [-0.3, -0.25) is 0 Å². The summed E-state index contributed by atoms with van der Waals surface area (Å²) in [4.78, 5) is 1.34. The number of hydrogen-bond acceptors (Lipinski definition) is 2. The van der Waals surface area contributed by atoms with E-state index in [1.165, 1.54) is 28.5 Å². The topological polar surface area (TPSA) is 9.23 Å². The first-order valence-corrected chi connectivity index (χ1v) is 7.78. The van der Waals surface area contributed by atoms with Crippen LogP contribution in [0.4, 0.5) is 0 Å². The number of allylic oxidation sites excluding steroid dienone is 1. The first-order chi connectivity index (χ1) is 9.36. The van der Waals surface area contributed by atoms with Crippen LogP contribution in [0.1, 0.15) is 12.8 Å². The number of thioether (sulfide) groups is 1. The molecule has 2 aromatic carbocycles. The Morgan fingerprint density at radius 1 is 1.11 bits per heavy atom. The highest BCUT2D eigenvalue weighted by Crippen LogP contribution is 2.62. The van der Waals surface area contributed by atoms with E-state index in [0.717, 1.165) is 5.75 Å². The van der Waals surface area contributed by atoms with E-state index in [4.69, 9.17) is 4.74 Å². The molecule has 1 saturated carbocycles. The molecule has 2 aromatic rings. The highest BCUT2D eigenvalue weighted by Gasteiger charge is 2.55. The molecule has 5 rings (SSSR count). The van der Waals surface area contributed by atoms with Crippen molar-refractivity contribution >= 4 is 22.5 Å². The summed E-state index contributed by atoms with van der Waals surface area (Å²) in [6.07, 6.45) is 7.63. The van der Waals surface area contributed by atoms with Gasteiger partial charge in [-0.2, -0.15) is 0 Å². The van der Waals surface area contributed by atoms with E-state index in [1.807, 2.05) is 11.8 Å². The molecule has 1 fully saturated rings. The zero-order valence-electron chi connectivity index (χ0n) is 10.5. The second kappa shape index (κ2) is 3.37. The van der Waals surface area contributed by atoms with E-state index >= 15 is 0 Å². The first kappa shape index (κ1) is 10.4. The maximum absolute atomic E-state index is 6.23. The zero-order valence-corrected chi connectivity index (χ0v) is 11.3. The minimum atomic E-state index is 0.279. The molecule has 2 heteroatoms. The van der Waals surface area contributed by atoms with Gasteiger partial charge >= 0.3 is 0 Å². The van der Waals surface area contributed by atoms with Crippen LogP contribution in [-0.2, 0) is 0 Å². The van der Waals surface area contributed by atoms with E-state index in [-0.39, 0.29) is 6.10 Å². The Bertz CT molecular complexity index is 714. The summed E-state index contributed by atoms with van der Waals surface area (Å²) in [5.41, 5.74) is 0.448. The van der Waals surface area contributed by atoms with E-state index in [0.29, 0.717) is 10.7 Å². The van der Waals surface area contributed by atoms with E-state index in [1.54, 1.807) is 0 Å². The summed E-state index contributed by atoms with van der Waals surface area (Å²) in [7, 11) is 0. The Balaban J connectivity index is 1.70. The molecule has 19 heavy (non-hydrogen) atoms. The molecule has 1 spiro atoms. The van der Waals surface area contributed by atoms with Crippen LogP contribution in [0.25, 0.3) is 10.8 Å². The number of rotatable bonds is 0. The van der Waals surface area contributed by atoms with E-state index in [2.05, 4.69) is 48.6 Å². The van der Waals surface area contributed by atoms with Gasteiger partial charge in [0.1, 0.15) is 11.9 Å².